The average molecular weight is 262 g/mol. The molecule has 1 saturated heterocycles. The number of aliphatic hydroxyl groups is 1. The highest BCUT2D eigenvalue weighted by molar-refractivity contribution is 5.66. The summed E-state index contributed by atoms with van der Waals surface area (Å²) in [4.78, 5) is 11.4. The Morgan fingerprint density at radius 3 is 2.44 bits per heavy atom. The van der Waals surface area contributed by atoms with Crippen molar-refractivity contribution in [2.75, 3.05) is 18.0 Å². The zero-order chi connectivity index (χ0) is 13.5. The van der Waals surface area contributed by atoms with Gasteiger partial charge in [0.1, 0.15) is 5.69 Å². The smallest absolute Gasteiger partial charge is 0.389 e. The van der Waals surface area contributed by atoms with Gasteiger partial charge in [0, 0.05) is 19.2 Å². The van der Waals surface area contributed by atoms with Crippen molar-refractivity contribution in [3.8, 4) is 0 Å². The van der Waals surface area contributed by atoms with Crippen LogP contribution in [0.3, 0.4) is 0 Å². The molecule has 0 spiro atoms. The van der Waals surface area contributed by atoms with Gasteiger partial charge in [-0.3, -0.25) is 10.1 Å². The van der Waals surface area contributed by atoms with Gasteiger partial charge in [-0.05, 0) is 12.1 Å². The second-order valence-electron chi connectivity index (χ2n) is 4.02. The maximum absolute atomic E-state index is 12.4. The fourth-order valence-corrected chi connectivity index (χ4v) is 1.77. The highest BCUT2D eigenvalue weighted by atomic mass is 19.4. The molecule has 18 heavy (non-hydrogen) atoms. The summed E-state index contributed by atoms with van der Waals surface area (Å²) in [6.45, 7) is 0.373. The summed E-state index contributed by atoms with van der Waals surface area (Å²) in [5.74, 6) is 0. The van der Waals surface area contributed by atoms with Gasteiger partial charge in [0.2, 0.25) is 0 Å². The van der Waals surface area contributed by atoms with Crippen LogP contribution in [0.1, 0.15) is 5.56 Å². The lowest BCUT2D eigenvalue weighted by molar-refractivity contribution is -0.384. The quantitative estimate of drug-likeness (QED) is 0.651. The monoisotopic (exact) mass is 262 g/mol. The average Bonchev–Trinajstić information content (AvgIpc) is 2.22. The van der Waals surface area contributed by atoms with E-state index in [2.05, 4.69) is 0 Å². The number of nitro benzene ring substituents is 1. The fraction of sp³-hybridized carbons (Fsp3) is 0.400. The molecular weight excluding hydrogens is 253 g/mol. The Bertz CT molecular complexity index is 484. The van der Waals surface area contributed by atoms with Gasteiger partial charge in [0.05, 0.1) is 16.6 Å². The molecule has 0 saturated carbocycles. The Morgan fingerprint density at radius 1 is 1.39 bits per heavy atom. The van der Waals surface area contributed by atoms with Crippen LogP contribution in [0.2, 0.25) is 0 Å². The Morgan fingerprint density at radius 2 is 2.00 bits per heavy atom. The molecule has 1 aliphatic heterocycles. The predicted octanol–water partition coefficient (Wildman–Crippen LogP) is 1.79. The van der Waals surface area contributed by atoms with Gasteiger partial charge in [0.15, 0.2) is 0 Å². The molecule has 0 bridgehead atoms. The van der Waals surface area contributed by atoms with Crippen molar-refractivity contribution in [1.82, 2.24) is 0 Å². The van der Waals surface area contributed by atoms with Crippen molar-refractivity contribution in [3.05, 3.63) is 33.9 Å². The van der Waals surface area contributed by atoms with Crippen molar-refractivity contribution in [2.24, 2.45) is 0 Å². The number of hydrogen-bond acceptors (Lipinski definition) is 4. The van der Waals surface area contributed by atoms with Gasteiger partial charge in [0.25, 0.3) is 5.69 Å². The van der Waals surface area contributed by atoms with Crippen LogP contribution in [-0.4, -0.2) is 29.2 Å². The molecule has 0 unspecified atom stereocenters. The Labute approximate surface area is 99.6 Å². The van der Waals surface area contributed by atoms with Gasteiger partial charge in [-0.2, -0.15) is 13.2 Å². The number of halogens is 3. The summed E-state index contributed by atoms with van der Waals surface area (Å²) in [6, 6.07) is 2.37. The number of alkyl halides is 3. The van der Waals surface area contributed by atoms with E-state index < -0.39 is 28.5 Å². The first-order valence-electron chi connectivity index (χ1n) is 5.07. The number of nitro groups is 1. The Hall–Kier alpha value is -1.83. The minimum absolute atomic E-state index is 0.0956. The van der Waals surface area contributed by atoms with Crippen molar-refractivity contribution in [2.45, 2.75) is 12.3 Å². The molecule has 1 aromatic rings. The summed E-state index contributed by atoms with van der Waals surface area (Å²) >= 11 is 0. The molecule has 8 heteroatoms. The van der Waals surface area contributed by atoms with Crippen LogP contribution in [0.25, 0.3) is 0 Å². The number of β-amino-alcohol motifs (C(OH)–C–C–N with tert-alkyl or cyclic N) is 1. The van der Waals surface area contributed by atoms with E-state index in [0.29, 0.717) is 6.07 Å². The molecule has 0 aliphatic carbocycles. The van der Waals surface area contributed by atoms with Crippen molar-refractivity contribution < 1.29 is 23.2 Å². The van der Waals surface area contributed by atoms with E-state index in [9.17, 15) is 23.3 Å². The molecule has 2 rings (SSSR count). The molecule has 1 N–H and O–H groups in total. The van der Waals surface area contributed by atoms with Gasteiger partial charge < -0.3 is 10.0 Å². The fourth-order valence-electron chi connectivity index (χ4n) is 1.77. The highest BCUT2D eigenvalue weighted by Crippen LogP contribution is 2.37. The van der Waals surface area contributed by atoms with Crippen molar-refractivity contribution in [1.29, 1.82) is 0 Å². The topological polar surface area (TPSA) is 66.6 Å². The zero-order valence-electron chi connectivity index (χ0n) is 9.02. The third kappa shape index (κ3) is 2.23. The molecule has 1 fully saturated rings. The van der Waals surface area contributed by atoms with Crippen LogP contribution >= 0.6 is 0 Å². The number of benzene rings is 1. The van der Waals surface area contributed by atoms with E-state index in [1.807, 2.05) is 0 Å². The number of hydrogen-bond donors (Lipinski definition) is 1. The minimum atomic E-state index is -4.61. The first kappa shape index (κ1) is 12.6. The molecule has 0 radical (unpaired) electrons. The van der Waals surface area contributed by atoms with E-state index >= 15 is 0 Å². The SMILES string of the molecule is O=[N+]([O-])c1cc(C(F)(F)F)ccc1N1CC(O)C1. The van der Waals surface area contributed by atoms with Gasteiger partial charge in [-0.25, -0.2) is 0 Å². The molecule has 0 atom stereocenters. The molecule has 0 amide bonds. The third-order valence-electron chi connectivity index (χ3n) is 2.70. The summed E-state index contributed by atoms with van der Waals surface area (Å²) in [6.07, 6.45) is -5.20. The number of nitrogens with zero attached hydrogens (tertiary/aromatic N) is 2. The van der Waals surface area contributed by atoms with Gasteiger partial charge in [-0.1, -0.05) is 0 Å². The zero-order valence-corrected chi connectivity index (χ0v) is 9.02. The van der Waals surface area contributed by atoms with Crippen LogP contribution in [-0.2, 0) is 6.18 Å². The van der Waals surface area contributed by atoms with E-state index in [0.717, 1.165) is 12.1 Å². The largest absolute Gasteiger partial charge is 0.416 e. The molecule has 98 valence electrons. The summed E-state index contributed by atoms with van der Waals surface area (Å²) in [5, 5.41) is 19.9. The lowest BCUT2D eigenvalue weighted by Gasteiger charge is -2.37. The van der Waals surface area contributed by atoms with Crippen molar-refractivity contribution in [3.63, 3.8) is 0 Å². The Balaban J connectivity index is 2.39. The summed E-state index contributed by atoms with van der Waals surface area (Å²) in [7, 11) is 0. The van der Waals surface area contributed by atoms with E-state index in [-0.39, 0.29) is 18.8 Å². The summed E-state index contributed by atoms with van der Waals surface area (Å²) < 4.78 is 37.3. The Kier molecular flexibility index (Phi) is 2.89. The van der Waals surface area contributed by atoms with Gasteiger partial charge in [-0.15, -0.1) is 0 Å². The standard InChI is InChI=1S/C10H9F3N2O3/c11-10(12,13)6-1-2-8(9(3-6)15(17)18)14-4-7(16)5-14/h1-3,7,16H,4-5H2. The molecule has 1 aliphatic rings. The van der Waals surface area contributed by atoms with Crippen LogP contribution in [0.5, 0.6) is 0 Å². The van der Waals surface area contributed by atoms with Crippen LogP contribution in [0.15, 0.2) is 18.2 Å². The maximum Gasteiger partial charge on any atom is 0.416 e. The highest BCUT2D eigenvalue weighted by Gasteiger charge is 2.35. The van der Waals surface area contributed by atoms with Crippen LogP contribution in [0, 0.1) is 10.1 Å². The van der Waals surface area contributed by atoms with E-state index in [4.69, 9.17) is 5.11 Å². The first-order chi connectivity index (χ1) is 8.29. The van der Waals surface area contributed by atoms with E-state index in [1.54, 1.807) is 0 Å². The van der Waals surface area contributed by atoms with Crippen LogP contribution in [0.4, 0.5) is 24.5 Å². The molecule has 1 heterocycles. The molecule has 5 nitrogen and oxygen atoms in total. The van der Waals surface area contributed by atoms with Gasteiger partial charge >= 0.3 is 6.18 Å². The molecule has 1 aromatic carbocycles. The molecular formula is C10H9F3N2O3. The number of anilines is 1. The predicted molar refractivity (Wildman–Crippen MR) is 56.3 cm³/mol. The second kappa shape index (κ2) is 4.13. The maximum atomic E-state index is 12.4. The van der Waals surface area contributed by atoms with E-state index in [1.165, 1.54) is 4.90 Å². The summed E-state index contributed by atoms with van der Waals surface area (Å²) in [5.41, 5.74) is -1.56. The first-order valence-corrected chi connectivity index (χ1v) is 5.07. The van der Waals surface area contributed by atoms with Crippen LogP contribution < -0.4 is 4.90 Å². The van der Waals surface area contributed by atoms with Crippen molar-refractivity contribution >= 4 is 11.4 Å². The lowest BCUT2D eigenvalue weighted by Crippen LogP contribution is -2.51. The number of aliphatic hydroxyl groups excluding tert-OH is 1. The lowest BCUT2D eigenvalue weighted by atomic mass is 10.1. The molecule has 0 aromatic heterocycles. The minimum Gasteiger partial charge on any atom is -0.389 e. The third-order valence-corrected chi connectivity index (χ3v) is 2.70. The second-order valence-corrected chi connectivity index (χ2v) is 4.02. The normalized spacial score (nSPS) is 16.6. The number of rotatable bonds is 2.